The molecule has 5 rings (SSSR count). The van der Waals surface area contributed by atoms with Crippen molar-refractivity contribution in [3.63, 3.8) is 0 Å². The second kappa shape index (κ2) is 12.3. The normalized spacial score (nSPS) is 22.7. The number of nitrogens with one attached hydrogen (secondary N) is 1. The van der Waals surface area contributed by atoms with Crippen molar-refractivity contribution in [3.8, 4) is 0 Å². The summed E-state index contributed by atoms with van der Waals surface area (Å²) in [5.41, 5.74) is 5.93. The Bertz CT molecular complexity index is 1770. The lowest BCUT2D eigenvalue weighted by atomic mass is 9.79. The van der Waals surface area contributed by atoms with Gasteiger partial charge in [0, 0.05) is 48.3 Å². The van der Waals surface area contributed by atoms with Gasteiger partial charge in [-0.05, 0) is 136 Å². The molecule has 4 heterocycles. The van der Waals surface area contributed by atoms with E-state index in [2.05, 4.69) is 129 Å². The molecule has 4 unspecified atom stereocenters. The number of hydrogen-bond donors (Lipinski definition) is 1. The number of nitrogens with zero attached hydrogens (tertiary/aromatic N) is 6. The predicted molar refractivity (Wildman–Crippen MR) is 197 cm³/mol. The minimum atomic E-state index is -0.202. The Morgan fingerprint density at radius 2 is 1.76 bits per heavy atom. The highest BCUT2D eigenvalue weighted by atomic mass is 127. The van der Waals surface area contributed by atoms with Crippen molar-refractivity contribution < 1.29 is 0 Å². The third-order valence-corrected chi connectivity index (χ3v) is 9.78. The van der Waals surface area contributed by atoms with Gasteiger partial charge in [-0.3, -0.25) is 14.8 Å². The first-order chi connectivity index (χ1) is 19.8. The monoisotopic (exact) mass is 901 g/mol. The van der Waals surface area contributed by atoms with E-state index in [1.54, 1.807) is 17.0 Å². The zero-order chi connectivity index (χ0) is 30.5. The number of amidine groups is 1. The minimum absolute atomic E-state index is 0.0109. The first kappa shape index (κ1) is 31.7. The van der Waals surface area contributed by atoms with E-state index < -0.39 is 0 Å². The van der Waals surface area contributed by atoms with Crippen LogP contribution in [0.1, 0.15) is 62.1 Å². The Morgan fingerprint density at radius 3 is 2.40 bits per heavy atom. The van der Waals surface area contributed by atoms with Gasteiger partial charge < -0.3 is 9.88 Å². The van der Waals surface area contributed by atoms with Crippen LogP contribution in [-0.2, 0) is 6.48 Å². The zero-order valence-corrected chi connectivity index (χ0v) is 31.1. The Balaban J connectivity index is 1.61. The number of anilines is 1. The average Bonchev–Trinajstić information content (AvgIpc) is 2.93. The third kappa shape index (κ3) is 6.24. The van der Waals surface area contributed by atoms with Crippen LogP contribution < -0.4 is 21.3 Å². The molecule has 2 aliphatic rings. The number of aromatic nitrogens is 4. The van der Waals surface area contributed by atoms with Gasteiger partial charge in [0.25, 0.3) is 5.56 Å². The van der Waals surface area contributed by atoms with Gasteiger partial charge in [0.1, 0.15) is 5.82 Å². The minimum Gasteiger partial charge on any atom is -0.377 e. The summed E-state index contributed by atoms with van der Waals surface area (Å²) in [7, 11) is 1.86. The van der Waals surface area contributed by atoms with Crippen LogP contribution in [0.15, 0.2) is 45.4 Å². The highest BCUT2D eigenvalue weighted by molar-refractivity contribution is 14.3. The fraction of sp³-hybridized carbons (Fsp3) is 0.419. The maximum absolute atomic E-state index is 13.9. The molecule has 0 spiro atoms. The molecule has 0 amide bonds. The van der Waals surface area contributed by atoms with E-state index in [0.717, 1.165) is 38.8 Å². The molecular weight excluding hydrogens is 867 g/mol. The number of rotatable bonds is 6. The maximum Gasteiger partial charge on any atom is 0.258 e. The van der Waals surface area contributed by atoms with Gasteiger partial charge in [0.05, 0.1) is 28.9 Å². The summed E-state index contributed by atoms with van der Waals surface area (Å²) in [5.74, 6) is 1.64. The summed E-state index contributed by atoms with van der Waals surface area (Å²) in [4.78, 5) is 36.9. The number of pyridine rings is 2. The first-order valence-electron chi connectivity index (χ1n) is 13.9. The number of fused-ring (bicyclic) bond motifs is 1. The van der Waals surface area contributed by atoms with Gasteiger partial charge >= 0.3 is 0 Å². The van der Waals surface area contributed by atoms with Gasteiger partial charge in [0.2, 0.25) is 0 Å². The van der Waals surface area contributed by atoms with Gasteiger partial charge in [-0.15, -0.1) is 0 Å². The van der Waals surface area contributed by atoms with Crippen molar-refractivity contribution in [1.82, 2.24) is 19.5 Å². The molecule has 0 saturated heterocycles. The lowest BCUT2D eigenvalue weighted by molar-refractivity contribution is 0.567. The molecule has 42 heavy (non-hydrogen) atoms. The predicted octanol–water partition coefficient (Wildman–Crippen LogP) is 5.32. The fourth-order valence-corrected chi connectivity index (χ4v) is 7.02. The summed E-state index contributed by atoms with van der Waals surface area (Å²) < 4.78 is 1.57. The summed E-state index contributed by atoms with van der Waals surface area (Å²) in [5, 5.41) is 5.55. The molecule has 1 aliphatic heterocycles. The lowest BCUT2D eigenvalue weighted by Gasteiger charge is -2.32. The molecular formula is C31H34I3N7O. The lowest BCUT2D eigenvalue weighted by Crippen LogP contribution is -2.52. The second-order valence-electron chi connectivity index (χ2n) is 11.3. The molecule has 1 N–H and O–H groups in total. The van der Waals surface area contributed by atoms with E-state index in [9.17, 15) is 4.79 Å². The van der Waals surface area contributed by atoms with Crippen LogP contribution >= 0.6 is 67.8 Å². The van der Waals surface area contributed by atoms with Gasteiger partial charge in [-0.1, -0.05) is 19.9 Å². The summed E-state index contributed by atoms with van der Waals surface area (Å²) in [6, 6.07) is 6.22. The van der Waals surface area contributed by atoms with E-state index in [-0.39, 0.29) is 34.8 Å². The topological polar surface area (TPSA) is 97.4 Å². The summed E-state index contributed by atoms with van der Waals surface area (Å²) in [6.07, 6.45) is 7.56. The first-order valence-corrected chi connectivity index (χ1v) is 17.2. The van der Waals surface area contributed by atoms with E-state index >= 15 is 0 Å². The smallest absolute Gasteiger partial charge is 0.258 e. The van der Waals surface area contributed by atoms with Crippen LogP contribution in [-0.4, -0.2) is 43.7 Å². The van der Waals surface area contributed by atoms with E-state index in [1.807, 2.05) is 33.2 Å². The molecule has 3 aromatic heterocycles. The number of hydrogen-bond acceptors (Lipinski definition) is 7. The quantitative estimate of drug-likeness (QED) is 0.267. The Kier molecular flexibility index (Phi) is 9.30. The highest BCUT2D eigenvalue weighted by Crippen LogP contribution is 2.48. The molecule has 0 bridgehead atoms. The Morgan fingerprint density at radius 1 is 1.07 bits per heavy atom. The fourth-order valence-electron chi connectivity index (χ4n) is 5.78. The average molecular weight is 901 g/mol. The van der Waals surface area contributed by atoms with Crippen molar-refractivity contribution in [2.75, 3.05) is 5.32 Å². The largest absolute Gasteiger partial charge is 0.377 e. The zero-order valence-electron chi connectivity index (χ0n) is 24.7. The number of alkyl halides is 3. The van der Waals surface area contributed by atoms with Crippen molar-refractivity contribution in [2.24, 2.45) is 28.9 Å². The van der Waals surface area contributed by atoms with Crippen LogP contribution in [0.2, 0.25) is 0 Å². The molecule has 5 atom stereocenters. The SMILES string of the molecule is Cc1ccc(N[C@H](C)C2=c3cc(C4C=NC(c5cnc(C)nc5)=NC4C)n(C)c(=O)c3=CC(C)C2C)c(C(I)(I)I)n1. The molecule has 3 aromatic rings. The highest BCUT2D eigenvalue weighted by Gasteiger charge is 2.31. The number of aryl methyl sites for hydroxylation is 2. The molecule has 0 saturated carbocycles. The van der Waals surface area contributed by atoms with Crippen molar-refractivity contribution in [1.29, 1.82) is 0 Å². The summed E-state index contributed by atoms with van der Waals surface area (Å²) >= 11 is 7.27. The molecule has 8 nitrogen and oxygen atoms in total. The second-order valence-corrected chi connectivity index (χ2v) is 22.3. The standard InChI is InChI=1S/C31H34I3N7O/c1-15-10-23-22(27(17(15)3)19(5)39-25-9-8-16(2)38-28(25)31(32,33)34)11-26(41(7)30(23)42)24-14-37-29(40-18(24)4)21-12-35-20(6)36-13-21/h8-15,17-19,24,39H,1-7H3/t15?,17?,18?,19-,24?/m1/s1. The molecule has 0 fully saturated rings. The van der Waals surface area contributed by atoms with Crippen LogP contribution in [0.4, 0.5) is 5.69 Å². The van der Waals surface area contributed by atoms with Gasteiger partial charge in [-0.2, -0.15) is 0 Å². The third-order valence-electron chi connectivity index (χ3n) is 8.25. The Hall–Kier alpha value is -1.75. The van der Waals surface area contributed by atoms with Crippen LogP contribution in [0.5, 0.6) is 0 Å². The molecule has 11 heteroatoms. The Labute approximate surface area is 287 Å². The van der Waals surface area contributed by atoms with Crippen LogP contribution in [0.25, 0.3) is 11.6 Å². The number of halogens is 3. The van der Waals surface area contributed by atoms with Gasteiger partial charge in [-0.25, -0.2) is 15.0 Å². The van der Waals surface area contributed by atoms with Crippen molar-refractivity contribution in [2.45, 2.75) is 59.0 Å². The van der Waals surface area contributed by atoms with Crippen LogP contribution in [0, 0.1) is 25.7 Å². The number of aliphatic imine (C=N–C) groups is 2. The van der Waals surface area contributed by atoms with Crippen LogP contribution in [0.3, 0.4) is 0 Å². The van der Waals surface area contributed by atoms with Crippen molar-refractivity contribution in [3.05, 3.63) is 79.9 Å². The molecule has 0 radical (unpaired) electrons. The maximum atomic E-state index is 13.9. The van der Waals surface area contributed by atoms with E-state index in [1.165, 1.54) is 5.57 Å². The van der Waals surface area contributed by atoms with Crippen molar-refractivity contribution >= 4 is 97.2 Å². The van der Waals surface area contributed by atoms with E-state index in [4.69, 9.17) is 15.0 Å². The molecule has 0 aromatic carbocycles. The molecule has 220 valence electrons. The molecule has 1 aliphatic carbocycles. The summed E-state index contributed by atoms with van der Waals surface area (Å²) in [6.45, 7) is 12.6. The van der Waals surface area contributed by atoms with Gasteiger partial charge in [0.15, 0.2) is 5.27 Å². The van der Waals surface area contributed by atoms with E-state index in [0.29, 0.717) is 11.7 Å².